The lowest BCUT2D eigenvalue weighted by Gasteiger charge is -2.61. The summed E-state index contributed by atoms with van der Waals surface area (Å²) in [7, 11) is 0. The van der Waals surface area contributed by atoms with E-state index in [1.165, 1.54) is 64.2 Å². The van der Waals surface area contributed by atoms with Gasteiger partial charge in [-0.3, -0.25) is 4.79 Å². The largest absolute Gasteiger partial charge is 0.312 e. The van der Waals surface area contributed by atoms with Gasteiger partial charge in [0.15, 0.2) is 0 Å². The Morgan fingerprint density at radius 2 is 1.86 bits per heavy atom. The highest BCUT2D eigenvalue weighted by Crippen LogP contribution is 2.68. The fraction of sp³-hybridized carbons (Fsp3) is 0.781. The van der Waals surface area contributed by atoms with Crippen LogP contribution in [0.3, 0.4) is 0 Å². The molecule has 6 rings (SSSR count). The minimum absolute atomic E-state index is 0.296. The van der Waals surface area contributed by atoms with Crippen LogP contribution in [0.5, 0.6) is 0 Å². The molecule has 1 aromatic rings. The normalized spacial score (nSPS) is 41.0. The molecule has 0 spiro atoms. The second-order valence-corrected chi connectivity index (χ2v) is 14.1. The molecule has 4 saturated carbocycles. The fourth-order valence-electron chi connectivity index (χ4n) is 10.6. The van der Waals surface area contributed by atoms with E-state index < -0.39 is 0 Å². The molecule has 4 fully saturated rings. The monoisotopic (exact) mass is 495 g/mol. The molecule has 0 N–H and O–H groups in total. The van der Waals surface area contributed by atoms with Gasteiger partial charge in [-0.1, -0.05) is 51.3 Å². The summed E-state index contributed by atoms with van der Waals surface area (Å²) in [5.74, 6) is 5.61. The fourth-order valence-corrected chi connectivity index (χ4v) is 10.9. The molecule has 192 valence electrons. The topological polar surface area (TPSA) is 20.3 Å². The lowest BCUT2D eigenvalue weighted by atomic mass is 9.44. The molecule has 2 nitrogen and oxygen atoms in total. The third kappa shape index (κ3) is 3.82. The molecule has 35 heavy (non-hydrogen) atoms. The molecular weight excluding hydrogens is 450 g/mol. The van der Waals surface area contributed by atoms with Crippen molar-refractivity contribution >= 4 is 23.2 Å². The van der Waals surface area contributed by atoms with Crippen molar-refractivity contribution in [1.82, 2.24) is 0 Å². The smallest absolute Gasteiger partial charge is 0.227 e. The van der Waals surface area contributed by atoms with Gasteiger partial charge in [-0.15, -0.1) is 0 Å². The van der Waals surface area contributed by atoms with Crippen LogP contribution in [0.1, 0.15) is 103 Å². The molecule has 6 unspecified atom stereocenters. The van der Waals surface area contributed by atoms with Gasteiger partial charge in [-0.05, 0) is 128 Å². The molecule has 1 aromatic carbocycles. The maximum atomic E-state index is 13.2. The van der Waals surface area contributed by atoms with Crippen molar-refractivity contribution in [2.45, 2.75) is 104 Å². The molecule has 1 aliphatic heterocycles. The summed E-state index contributed by atoms with van der Waals surface area (Å²) >= 11 is 6.39. The number of carbonyl (C=O) groups excluding carboxylic acids is 1. The lowest BCUT2D eigenvalue weighted by Crippen LogP contribution is -2.53. The van der Waals surface area contributed by atoms with Crippen LogP contribution >= 0.6 is 11.6 Å². The maximum Gasteiger partial charge on any atom is 0.227 e. The molecule has 4 aliphatic carbocycles. The number of benzene rings is 1. The summed E-state index contributed by atoms with van der Waals surface area (Å²) in [5.41, 5.74) is 3.33. The van der Waals surface area contributed by atoms with Crippen molar-refractivity contribution < 1.29 is 4.79 Å². The molecule has 8 atom stereocenters. The molecule has 0 aromatic heterocycles. The van der Waals surface area contributed by atoms with Crippen LogP contribution in [0.15, 0.2) is 18.2 Å². The van der Waals surface area contributed by atoms with Gasteiger partial charge in [0.25, 0.3) is 0 Å². The van der Waals surface area contributed by atoms with Crippen molar-refractivity contribution in [2.24, 2.45) is 46.3 Å². The first-order chi connectivity index (χ1) is 16.8. The number of amides is 1. The van der Waals surface area contributed by atoms with Crippen LogP contribution in [0, 0.1) is 46.3 Å². The zero-order valence-corrected chi connectivity index (χ0v) is 23.1. The van der Waals surface area contributed by atoms with Gasteiger partial charge in [0.05, 0.1) is 0 Å². The first-order valence-corrected chi connectivity index (χ1v) is 15.3. The maximum absolute atomic E-state index is 13.2. The number of anilines is 1. The van der Waals surface area contributed by atoms with Crippen molar-refractivity contribution in [3.63, 3.8) is 0 Å². The highest BCUT2D eigenvalue weighted by atomic mass is 35.5. The van der Waals surface area contributed by atoms with E-state index in [9.17, 15) is 4.79 Å². The van der Waals surface area contributed by atoms with E-state index in [0.717, 1.165) is 65.2 Å². The minimum Gasteiger partial charge on any atom is -0.312 e. The predicted molar refractivity (Wildman–Crippen MR) is 146 cm³/mol. The van der Waals surface area contributed by atoms with Crippen LogP contribution in [0.25, 0.3) is 0 Å². The molecule has 3 heteroatoms. The third-order valence-corrected chi connectivity index (χ3v) is 12.8. The van der Waals surface area contributed by atoms with Gasteiger partial charge in [-0.25, -0.2) is 0 Å². The van der Waals surface area contributed by atoms with Gasteiger partial charge < -0.3 is 4.90 Å². The van der Waals surface area contributed by atoms with E-state index in [1.54, 1.807) is 0 Å². The SMILES string of the molecule is C[C@H](CCC(=O)N1CCc2c(Cl)cccc21)[C@H]1CCC2C3CCC4CCCCC4(C)C3CCC21C. The van der Waals surface area contributed by atoms with Gasteiger partial charge in [0.1, 0.15) is 0 Å². The third-order valence-electron chi connectivity index (χ3n) is 12.4. The molecule has 0 radical (unpaired) electrons. The van der Waals surface area contributed by atoms with Crippen LogP contribution in [0.2, 0.25) is 5.02 Å². The number of nitrogens with zero attached hydrogens (tertiary/aromatic N) is 1. The molecular formula is C32H46ClNO. The summed E-state index contributed by atoms with van der Waals surface area (Å²) in [4.78, 5) is 15.2. The van der Waals surface area contributed by atoms with E-state index in [0.29, 0.717) is 29.1 Å². The van der Waals surface area contributed by atoms with Crippen molar-refractivity contribution in [1.29, 1.82) is 0 Å². The Morgan fingerprint density at radius 1 is 1.03 bits per heavy atom. The zero-order valence-electron chi connectivity index (χ0n) is 22.3. The van der Waals surface area contributed by atoms with Crippen molar-refractivity contribution in [3.8, 4) is 0 Å². The van der Waals surface area contributed by atoms with Gasteiger partial charge in [0, 0.05) is 23.7 Å². The van der Waals surface area contributed by atoms with E-state index in [4.69, 9.17) is 11.6 Å². The van der Waals surface area contributed by atoms with Crippen LogP contribution < -0.4 is 4.90 Å². The predicted octanol–water partition coefficient (Wildman–Crippen LogP) is 8.69. The van der Waals surface area contributed by atoms with E-state index >= 15 is 0 Å². The Labute approximate surface area is 218 Å². The number of hydrogen-bond donors (Lipinski definition) is 0. The molecule has 5 aliphatic rings. The second-order valence-electron chi connectivity index (χ2n) is 13.7. The van der Waals surface area contributed by atoms with Crippen molar-refractivity contribution in [3.05, 3.63) is 28.8 Å². The summed E-state index contributed by atoms with van der Waals surface area (Å²) in [5, 5.41) is 0.808. The quantitative estimate of drug-likeness (QED) is 0.409. The highest BCUT2D eigenvalue weighted by Gasteiger charge is 2.60. The minimum atomic E-state index is 0.296. The molecule has 1 heterocycles. The van der Waals surface area contributed by atoms with E-state index in [-0.39, 0.29) is 0 Å². The number of fused-ring (bicyclic) bond motifs is 6. The summed E-state index contributed by atoms with van der Waals surface area (Å²) in [6.45, 7) is 8.61. The Bertz CT molecular complexity index is 974. The van der Waals surface area contributed by atoms with Crippen molar-refractivity contribution in [2.75, 3.05) is 11.4 Å². The lowest BCUT2D eigenvalue weighted by molar-refractivity contribution is -0.120. The van der Waals surface area contributed by atoms with Gasteiger partial charge in [0.2, 0.25) is 5.91 Å². The number of hydrogen-bond acceptors (Lipinski definition) is 1. The Kier molecular flexibility index (Phi) is 6.30. The average Bonchev–Trinajstić information content (AvgIpc) is 3.44. The highest BCUT2D eigenvalue weighted by molar-refractivity contribution is 6.32. The number of carbonyl (C=O) groups is 1. The summed E-state index contributed by atoms with van der Waals surface area (Å²) < 4.78 is 0. The zero-order chi connectivity index (χ0) is 24.4. The van der Waals surface area contributed by atoms with E-state index in [1.807, 2.05) is 17.0 Å². The van der Waals surface area contributed by atoms with Gasteiger partial charge >= 0.3 is 0 Å². The summed E-state index contributed by atoms with van der Waals surface area (Å²) in [6, 6.07) is 5.99. The van der Waals surface area contributed by atoms with Gasteiger partial charge in [-0.2, -0.15) is 0 Å². The van der Waals surface area contributed by atoms with Crippen LogP contribution in [0.4, 0.5) is 5.69 Å². The first-order valence-electron chi connectivity index (χ1n) is 14.9. The molecule has 1 amide bonds. The number of halogens is 1. The Balaban J connectivity index is 1.11. The number of rotatable bonds is 4. The first kappa shape index (κ1) is 24.3. The average molecular weight is 496 g/mol. The molecule has 0 bridgehead atoms. The van der Waals surface area contributed by atoms with E-state index in [2.05, 4.69) is 26.8 Å². The standard InChI is InChI=1S/C32H46ClNO/c1-21(10-15-30(35)34-20-17-24-28(33)8-6-9-29(24)34)25-13-14-26-23-12-11-22-7-4-5-18-31(22,2)27(23)16-19-32(25,26)3/h6,8-9,21-23,25-27H,4-5,7,10-20H2,1-3H3/t21-,22?,23?,25-,26?,27?,31?,32?/m1/s1. The summed E-state index contributed by atoms with van der Waals surface area (Å²) in [6.07, 6.45) is 17.3. The van der Waals surface area contributed by atoms with Crippen LogP contribution in [-0.4, -0.2) is 12.5 Å². The molecule has 0 saturated heterocycles. The Morgan fingerprint density at radius 3 is 2.71 bits per heavy atom. The van der Waals surface area contributed by atoms with Crippen LogP contribution in [-0.2, 0) is 11.2 Å². The second kappa shape index (κ2) is 9.07. The Hall–Kier alpha value is -1.02.